The van der Waals surface area contributed by atoms with Crippen LogP contribution in [0.3, 0.4) is 0 Å². The highest BCUT2D eigenvalue weighted by molar-refractivity contribution is 7.89. The van der Waals surface area contributed by atoms with E-state index in [-0.39, 0.29) is 16.9 Å². The van der Waals surface area contributed by atoms with Crippen LogP contribution in [0.2, 0.25) is 5.02 Å². The topological polar surface area (TPSA) is 63.4 Å². The fourth-order valence-corrected chi connectivity index (χ4v) is 4.66. The molecule has 20 heavy (non-hydrogen) atoms. The summed E-state index contributed by atoms with van der Waals surface area (Å²) < 4.78 is 27.4. The molecule has 0 aliphatic heterocycles. The molecule has 0 aromatic heterocycles. The van der Waals surface area contributed by atoms with Crippen LogP contribution in [-0.2, 0) is 10.0 Å². The van der Waals surface area contributed by atoms with Crippen LogP contribution in [0.15, 0.2) is 17.0 Å². The van der Waals surface area contributed by atoms with Gasteiger partial charge in [-0.15, -0.1) is 0 Å². The highest BCUT2D eigenvalue weighted by Crippen LogP contribution is 2.35. The molecule has 1 fully saturated rings. The van der Waals surface area contributed by atoms with Crippen molar-refractivity contribution in [2.24, 2.45) is 5.92 Å². The van der Waals surface area contributed by atoms with E-state index in [9.17, 15) is 8.42 Å². The predicted octanol–water partition coefficient (Wildman–Crippen LogP) is 3.04. The van der Waals surface area contributed by atoms with Gasteiger partial charge in [-0.3, -0.25) is 0 Å². The Morgan fingerprint density at radius 3 is 2.50 bits per heavy atom. The number of sulfonamides is 1. The maximum absolute atomic E-state index is 12.9. The maximum atomic E-state index is 12.9. The lowest BCUT2D eigenvalue weighted by atomic mass is 10.2. The number of hydrogen-bond acceptors (Lipinski definition) is 3. The second-order valence-electron chi connectivity index (χ2n) is 5.82. The molecule has 0 spiro atoms. The fourth-order valence-electron chi connectivity index (χ4n) is 2.23. The molecule has 4 nitrogen and oxygen atoms in total. The van der Waals surface area contributed by atoms with Crippen LogP contribution in [0.4, 0.5) is 5.69 Å². The summed E-state index contributed by atoms with van der Waals surface area (Å²) in [6, 6.07) is 3.21. The fraction of sp³-hybridized carbons (Fsp3) is 0.571. The van der Waals surface area contributed by atoms with E-state index in [4.69, 9.17) is 17.3 Å². The highest BCUT2D eigenvalue weighted by Gasteiger charge is 2.39. The Labute approximate surface area is 126 Å². The third kappa shape index (κ3) is 3.10. The van der Waals surface area contributed by atoms with Gasteiger partial charge < -0.3 is 5.73 Å². The molecule has 0 atom stereocenters. The van der Waals surface area contributed by atoms with Gasteiger partial charge in [-0.2, -0.15) is 4.31 Å². The first-order chi connectivity index (χ1) is 9.23. The number of hydrogen-bond donors (Lipinski definition) is 1. The Morgan fingerprint density at radius 1 is 1.40 bits per heavy atom. The molecule has 1 aliphatic carbocycles. The lowest BCUT2D eigenvalue weighted by molar-refractivity contribution is 0.360. The van der Waals surface area contributed by atoms with E-state index < -0.39 is 10.0 Å². The third-order valence-electron chi connectivity index (χ3n) is 3.45. The molecule has 0 radical (unpaired) electrons. The van der Waals surface area contributed by atoms with Gasteiger partial charge in [-0.1, -0.05) is 25.4 Å². The maximum Gasteiger partial charge on any atom is 0.243 e. The van der Waals surface area contributed by atoms with Crippen LogP contribution < -0.4 is 5.73 Å². The highest BCUT2D eigenvalue weighted by atomic mass is 35.5. The van der Waals surface area contributed by atoms with E-state index in [2.05, 4.69) is 0 Å². The van der Waals surface area contributed by atoms with Gasteiger partial charge in [-0.05, 0) is 43.4 Å². The van der Waals surface area contributed by atoms with Crippen molar-refractivity contribution in [1.29, 1.82) is 0 Å². The second kappa shape index (κ2) is 5.54. The first kappa shape index (κ1) is 15.6. The number of benzene rings is 1. The van der Waals surface area contributed by atoms with E-state index in [1.54, 1.807) is 17.3 Å². The largest absolute Gasteiger partial charge is 0.398 e. The van der Waals surface area contributed by atoms with Crippen LogP contribution in [0.25, 0.3) is 0 Å². The summed E-state index contributed by atoms with van der Waals surface area (Å²) in [7, 11) is -3.54. The Hall–Kier alpha value is -0.780. The molecule has 2 rings (SSSR count). The minimum absolute atomic E-state index is 0.127. The number of nitrogen functional groups attached to an aromatic ring is 1. The summed E-state index contributed by atoms with van der Waals surface area (Å²) in [6.45, 7) is 6.28. The van der Waals surface area contributed by atoms with Gasteiger partial charge in [-0.25, -0.2) is 8.42 Å². The van der Waals surface area contributed by atoms with Crippen LogP contribution in [0, 0.1) is 12.8 Å². The van der Waals surface area contributed by atoms with Gasteiger partial charge in [0.2, 0.25) is 10.0 Å². The van der Waals surface area contributed by atoms with Gasteiger partial charge in [0.05, 0.1) is 4.90 Å². The molecular weight excluding hydrogens is 296 g/mol. The molecule has 2 N–H and O–H groups in total. The quantitative estimate of drug-likeness (QED) is 0.849. The van der Waals surface area contributed by atoms with Gasteiger partial charge >= 0.3 is 0 Å². The minimum Gasteiger partial charge on any atom is -0.398 e. The monoisotopic (exact) mass is 316 g/mol. The Morgan fingerprint density at radius 2 is 2.00 bits per heavy atom. The molecular formula is C14H21ClN2O2S. The van der Waals surface area contributed by atoms with Crippen LogP contribution in [0.1, 0.15) is 32.3 Å². The summed E-state index contributed by atoms with van der Waals surface area (Å²) in [6.07, 6.45) is 1.86. The van der Waals surface area contributed by atoms with Crippen molar-refractivity contribution in [2.75, 3.05) is 12.3 Å². The summed E-state index contributed by atoms with van der Waals surface area (Å²) in [5.74, 6) is 0.280. The summed E-state index contributed by atoms with van der Waals surface area (Å²) in [5, 5.41) is 0.354. The van der Waals surface area contributed by atoms with Crippen molar-refractivity contribution in [3.8, 4) is 0 Å². The lowest BCUT2D eigenvalue weighted by Crippen LogP contribution is -2.36. The number of halogens is 1. The molecule has 1 aliphatic rings. The Bertz CT molecular complexity index is 610. The number of nitrogens with zero attached hydrogens (tertiary/aromatic N) is 1. The Kier molecular flexibility index (Phi) is 4.33. The van der Waals surface area contributed by atoms with E-state index >= 15 is 0 Å². The Balaban J connectivity index is 2.48. The van der Waals surface area contributed by atoms with E-state index in [0.717, 1.165) is 12.8 Å². The molecule has 1 saturated carbocycles. The smallest absolute Gasteiger partial charge is 0.243 e. The van der Waals surface area contributed by atoms with Gasteiger partial charge in [0.25, 0.3) is 0 Å². The summed E-state index contributed by atoms with van der Waals surface area (Å²) in [5.41, 5.74) is 6.83. The van der Waals surface area contributed by atoms with Crippen molar-refractivity contribution in [2.45, 2.75) is 44.6 Å². The molecule has 0 saturated heterocycles. The van der Waals surface area contributed by atoms with Crippen LogP contribution in [0.5, 0.6) is 0 Å². The van der Waals surface area contributed by atoms with Gasteiger partial charge in [0, 0.05) is 23.3 Å². The average Bonchev–Trinajstić information content (AvgIpc) is 3.14. The van der Waals surface area contributed by atoms with Gasteiger partial charge in [0.15, 0.2) is 0 Å². The second-order valence-corrected chi connectivity index (χ2v) is 8.11. The number of nitrogens with two attached hydrogens (primary N) is 1. The molecule has 6 heteroatoms. The zero-order valence-electron chi connectivity index (χ0n) is 12.1. The molecule has 0 heterocycles. The average molecular weight is 317 g/mol. The molecule has 0 unspecified atom stereocenters. The van der Waals surface area contributed by atoms with Crippen LogP contribution in [-0.4, -0.2) is 25.3 Å². The third-order valence-corrected chi connectivity index (χ3v) is 5.71. The first-order valence-electron chi connectivity index (χ1n) is 6.81. The van der Waals surface area contributed by atoms with Crippen molar-refractivity contribution >= 4 is 27.3 Å². The van der Waals surface area contributed by atoms with Crippen molar-refractivity contribution in [3.05, 3.63) is 22.7 Å². The number of rotatable bonds is 5. The van der Waals surface area contributed by atoms with E-state index in [0.29, 0.717) is 22.8 Å². The van der Waals surface area contributed by atoms with E-state index in [1.165, 1.54) is 6.07 Å². The first-order valence-corrected chi connectivity index (χ1v) is 8.62. The van der Waals surface area contributed by atoms with Gasteiger partial charge in [0.1, 0.15) is 0 Å². The zero-order chi connectivity index (χ0) is 15.1. The van der Waals surface area contributed by atoms with E-state index in [1.807, 2.05) is 13.8 Å². The number of anilines is 1. The summed E-state index contributed by atoms with van der Waals surface area (Å²) >= 11 is 5.97. The summed E-state index contributed by atoms with van der Waals surface area (Å²) in [4.78, 5) is 0.232. The van der Waals surface area contributed by atoms with Crippen molar-refractivity contribution < 1.29 is 8.42 Å². The molecule has 0 amide bonds. The zero-order valence-corrected chi connectivity index (χ0v) is 13.6. The lowest BCUT2D eigenvalue weighted by Gasteiger charge is -2.25. The van der Waals surface area contributed by atoms with Crippen molar-refractivity contribution in [3.63, 3.8) is 0 Å². The molecule has 0 bridgehead atoms. The predicted molar refractivity (Wildman–Crippen MR) is 82.4 cm³/mol. The minimum atomic E-state index is -3.54. The molecule has 1 aromatic rings. The SMILES string of the molecule is Cc1c(N)cc(Cl)cc1S(=O)(=O)N(CC(C)C)C1CC1. The molecule has 112 valence electrons. The normalized spacial score (nSPS) is 16.1. The molecule has 1 aromatic carbocycles. The standard InChI is InChI=1S/C14H21ClN2O2S/c1-9(2)8-17(12-4-5-12)20(18,19)14-7-11(15)6-13(16)10(14)3/h6-7,9,12H,4-5,8,16H2,1-3H3. The van der Waals surface area contributed by atoms with Crippen molar-refractivity contribution in [1.82, 2.24) is 4.31 Å². The van der Waals surface area contributed by atoms with Crippen LogP contribution >= 0.6 is 11.6 Å².